The highest BCUT2D eigenvalue weighted by Crippen LogP contribution is 2.59. The number of hydrogen-bond acceptors (Lipinski definition) is 2. The zero-order valence-electron chi connectivity index (χ0n) is 28.1. The average molecular weight is 617 g/mol. The van der Waals surface area contributed by atoms with Crippen molar-refractivity contribution >= 4 is 11.3 Å². The van der Waals surface area contributed by atoms with E-state index < -0.39 is 0 Å². The summed E-state index contributed by atoms with van der Waals surface area (Å²) in [7, 11) is 0. The van der Waals surface area contributed by atoms with E-state index in [2.05, 4.69) is 140 Å². The lowest BCUT2D eigenvalue weighted by molar-refractivity contribution is 0.400. The summed E-state index contributed by atoms with van der Waals surface area (Å²) < 4.78 is 0. The quantitative estimate of drug-likeness (QED) is 0.194. The summed E-state index contributed by atoms with van der Waals surface area (Å²) in [5, 5.41) is 7.33. The molecule has 2 spiro atoms. The summed E-state index contributed by atoms with van der Waals surface area (Å²) in [5.74, 6) is 0.496. The Morgan fingerprint density at radius 3 is 2.30 bits per heavy atom. The molecule has 0 saturated heterocycles. The minimum Gasteiger partial charge on any atom is -0.382 e. The number of hydrogen-bond donors (Lipinski definition) is 2. The molecule has 2 N–H and O–H groups in total. The van der Waals surface area contributed by atoms with Gasteiger partial charge in [-0.2, -0.15) is 0 Å². The fourth-order valence-corrected chi connectivity index (χ4v) is 9.61. The third-order valence-corrected chi connectivity index (χ3v) is 11.8. The number of anilines is 1. The van der Waals surface area contributed by atoms with Crippen LogP contribution in [0.5, 0.6) is 0 Å². The molecule has 2 nitrogen and oxygen atoms in total. The monoisotopic (exact) mass is 616 g/mol. The van der Waals surface area contributed by atoms with Crippen molar-refractivity contribution in [1.82, 2.24) is 5.32 Å². The first-order valence-corrected chi connectivity index (χ1v) is 18.0. The molecule has 5 aliphatic rings. The average Bonchev–Trinajstić information content (AvgIpc) is 3.86. The maximum atomic E-state index is 3.69. The van der Waals surface area contributed by atoms with Gasteiger partial charge >= 0.3 is 0 Å². The molecule has 3 aromatic rings. The van der Waals surface area contributed by atoms with E-state index in [0.29, 0.717) is 11.3 Å². The van der Waals surface area contributed by atoms with Crippen LogP contribution in [0.1, 0.15) is 93.9 Å². The molecule has 8 rings (SSSR count). The van der Waals surface area contributed by atoms with E-state index in [0.717, 1.165) is 13.0 Å². The minimum absolute atomic E-state index is 0.211. The van der Waals surface area contributed by atoms with Crippen LogP contribution in [0, 0.1) is 5.92 Å². The summed E-state index contributed by atoms with van der Waals surface area (Å²) >= 11 is 0. The van der Waals surface area contributed by atoms with Gasteiger partial charge in [0.25, 0.3) is 0 Å². The molecule has 47 heavy (non-hydrogen) atoms. The van der Waals surface area contributed by atoms with Gasteiger partial charge in [-0.3, -0.25) is 0 Å². The normalized spacial score (nSPS) is 21.8. The molecule has 1 atom stereocenters. The Morgan fingerprint density at radius 1 is 0.745 bits per heavy atom. The second-order valence-corrected chi connectivity index (χ2v) is 14.6. The standard InChI is InChI=1S/C45H48N2/c1-32(18-19-33(2)47-35-21-24-39-37-15-4-6-17-41(37)45(43(39)31-35)28-10-11-29-45)13-7-12-30-46-34-20-23-38-36-14-3-5-16-40(36)44(26-8-9-27-44)42(38)25-22-34/h3-7,12,14-25,31,42,46-47H,8-11,13,26-30H2,1-2H3/b12-7-,32-18+,33-19+. The lowest BCUT2D eigenvalue weighted by Gasteiger charge is -2.30. The summed E-state index contributed by atoms with van der Waals surface area (Å²) in [4.78, 5) is 0. The molecule has 5 aliphatic carbocycles. The van der Waals surface area contributed by atoms with Crippen molar-refractivity contribution in [2.45, 2.75) is 82.5 Å². The van der Waals surface area contributed by atoms with Crippen LogP contribution in [0.4, 0.5) is 5.69 Å². The molecule has 1 unspecified atom stereocenters. The Kier molecular flexibility index (Phi) is 7.92. The maximum absolute atomic E-state index is 3.69. The van der Waals surface area contributed by atoms with E-state index in [9.17, 15) is 0 Å². The predicted molar refractivity (Wildman–Crippen MR) is 199 cm³/mol. The zero-order chi connectivity index (χ0) is 31.8. The highest BCUT2D eigenvalue weighted by Gasteiger charge is 2.49. The summed E-state index contributed by atoms with van der Waals surface area (Å²) in [6.45, 7) is 5.22. The molecular formula is C45H48N2. The number of benzene rings is 3. The number of fused-ring (bicyclic) bond motifs is 10. The first kappa shape index (κ1) is 30.1. The summed E-state index contributed by atoms with van der Waals surface area (Å²) in [6.07, 6.45) is 29.9. The Morgan fingerprint density at radius 2 is 1.47 bits per heavy atom. The van der Waals surface area contributed by atoms with Crippen LogP contribution in [0.2, 0.25) is 0 Å². The highest BCUT2D eigenvalue weighted by atomic mass is 14.9. The van der Waals surface area contributed by atoms with Gasteiger partial charge in [0.05, 0.1) is 0 Å². The topological polar surface area (TPSA) is 24.1 Å². The van der Waals surface area contributed by atoms with E-state index in [-0.39, 0.29) is 5.41 Å². The lowest BCUT2D eigenvalue weighted by Crippen LogP contribution is -2.26. The fraction of sp³-hybridized carbons (Fsp3) is 0.333. The van der Waals surface area contributed by atoms with Crippen molar-refractivity contribution in [3.63, 3.8) is 0 Å². The van der Waals surface area contributed by atoms with E-state index in [1.165, 1.54) is 102 Å². The smallest absolute Gasteiger partial charge is 0.0385 e. The second kappa shape index (κ2) is 12.4. The molecule has 0 bridgehead atoms. The Hall–Kier alpha value is -4.30. The Balaban J connectivity index is 0.868. The molecule has 0 aromatic heterocycles. The van der Waals surface area contributed by atoms with Gasteiger partial charge in [-0.25, -0.2) is 0 Å². The van der Waals surface area contributed by atoms with E-state index in [1.54, 1.807) is 11.1 Å². The van der Waals surface area contributed by atoms with Gasteiger partial charge in [-0.1, -0.05) is 116 Å². The maximum Gasteiger partial charge on any atom is 0.0385 e. The molecule has 3 aromatic carbocycles. The van der Waals surface area contributed by atoms with Crippen molar-refractivity contribution in [1.29, 1.82) is 0 Å². The largest absolute Gasteiger partial charge is 0.382 e. The van der Waals surface area contributed by atoms with Crippen molar-refractivity contribution in [3.05, 3.63) is 155 Å². The number of allylic oxidation sites excluding steroid dienone is 10. The van der Waals surface area contributed by atoms with Crippen molar-refractivity contribution in [3.8, 4) is 11.1 Å². The van der Waals surface area contributed by atoms with Gasteiger partial charge in [0.2, 0.25) is 0 Å². The van der Waals surface area contributed by atoms with Gasteiger partial charge < -0.3 is 10.6 Å². The molecule has 0 aliphatic heterocycles. The van der Waals surface area contributed by atoms with E-state index >= 15 is 0 Å². The fourth-order valence-electron chi connectivity index (χ4n) is 9.61. The zero-order valence-corrected chi connectivity index (χ0v) is 28.1. The van der Waals surface area contributed by atoms with Crippen molar-refractivity contribution < 1.29 is 0 Å². The summed E-state index contributed by atoms with van der Waals surface area (Å²) in [5.41, 5.74) is 15.9. The molecule has 0 amide bonds. The Bertz CT molecular complexity index is 1860. The third kappa shape index (κ3) is 5.27. The first-order chi connectivity index (χ1) is 23.1. The van der Waals surface area contributed by atoms with Gasteiger partial charge in [0.1, 0.15) is 0 Å². The van der Waals surface area contributed by atoms with E-state index in [1.807, 2.05) is 0 Å². The van der Waals surface area contributed by atoms with Crippen molar-refractivity contribution in [2.24, 2.45) is 5.92 Å². The van der Waals surface area contributed by atoms with Crippen LogP contribution in [-0.2, 0) is 10.8 Å². The Labute approximate surface area is 281 Å². The van der Waals surface area contributed by atoms with Crippen LogP contribution in [0.25, 0.3) is 16.7 Å². The van der Waals surface area contributed by atoms with Crippen LogP contribution >= 0.6 is 0 Å². The molecule has 2 heteroatoms. The van der Waals surface area contributed by atoms with Gasteiger partial charge in [-0.15, -0.1) is 0 Å². The van der Waals surface area contributed by atoms with Crippen LogP contribution in [0.3, 0.4) is 0 Å². The molecule has 2 saturated carbocycles. The third-order valence-electron chi connectivity index (χ3n) is 11.8. The van der Waals surface area contributed by atoms with Gasteiger partial charge in [-0.05, 0) is 115 Å². The number of rotatable bonds is 8. The van der Waals surface area contributed by atoms with Crippen LogP contribution in [0.15, 0.2) is 132 Å². The second-order valence-electron chi connectivity index (χ2n) is 14.6. The lowest BCUT2D eigenvalue weighted by atomic mass is 9.72. The molecule has 2 fully saturated rings. The van der Waals surface area contributed by atoms with Gasteiger partial charge in [0.15, 0.2) is 0 Å². The first-order valence-electron chi connectivity index (χ1n) is 18.0. The number of nitrogens with one attached hydrogen (secondary N) is 2. The molecule has 0 heterocycles. The van der Waals surface area contributed by atoms with Gasteiger partial charge in [0, 0.05) is 40.4 Å². The molecular weight excluding hydrogens is 569 g/mol. The molecule has 0 radical (unpaired) electrons. The molecule has 238 valence electrons. The van der Waals surface area contributed by atoms with Crippen molar-refractivity contribution in [2.75, 3.05) is 11.9 Å². The summed E-state index contributed by atoms with van der Waals surface area (Å²) in [6, 6.07) is 25.3. The predicted octanol–water partition coefficient (Wildman–Crippen LogP) is 11.3. The highest BCUT2D eigenvalue weighted by molar-refractivity contribution is 5.83. The van der Waals surface area contributed by atoms with Crippen LogP contribution < -0.4 is 10.6 Å². The van der Waals surface area contributed by atoms with Crippen LogP contribution in [-0.4, -0.2) is 6.54 Å². The minimum atomic E-state index is 0.211. The van der Waals surface area contributed by atoms with E-state index in [4.69, 9.17) is 0 Å². The SMILES string of the molecule is C/C(=C\C=C(/C)Nc1ccc2c(c1)C1(CCCC1)c1ccccc1-2)C/C=C\CNC1=CC=C2c3ccccc3C3(CCCC3)C2C=C1.